The summed E-state index contributed by atoms with van der Waals surface area (Å²) in [6.45, 7) is 9.19. The molecule has 4 heterocycles. The van der Waals surface area contributed by atoms with Gasteiger partial charge in [0, 0.05) is 25.8 Å². The number of aromatic nitrogens is 2. The number of amidine groups is 1. The van der Waals surface area contributed by atoms with Crippen LogP contribution >= 0.6 is 0 Å². The Kier molecular flexibility index (Phi) is 7.18. The van der Waals surface area contributed by atoms with E-state index in [9.17, 15) is 26.7 Å². The highest BCUT2D eigenvalue weighted by molar-refractivity contribution is 7.93. The smallest absolute Gasteiger partial charge is 0.286 e. The molecule has 212 valence electrons. The number of pyridine rings is 2. The van der Waals surface area contributed by atoms with Crippen molar-refractivity contribution >= 4 is 48.3 Å². The van der Waals surface area contributed by atoms with Gasteiger partial charge in [-0.1, -0.05) is 19.9 Å². The maximum atomic E-state index is 13.6. The molecule has 12 nitrogen and oxygen atoms in total. The quantitative estimate of drug-likeness (QED) is 0.320. The SMILES string of the molecule is C=CC(N1CCC1)S(=O)(=O)Nc1ccc2c(c1)S(=O)(=O)N=C(c1c(O)c3cccnc3n(CCC(C)C)c1=O)N2. The molecule has 0 saturated carbocycles. The number of nitrogens with zero attached hydrogens (tertiary/aromatic N) is 4. The molecule has 0 amide bonds. The van der Waals surface area contributed by atoms with E-state index < -0.39 is 36.7 Å². The Bertz CT molecular complexity index is 1810. The van der Waals surface area contributed by atoms with E-state index in [1.807, 2.05) is 13.8 Å². The highest BCUT2D eigenvalue weighted by atomic mass is 32.2. The molecular weight excluding hydrogens is 556 g/mol. The summed E-state index contributed by atoms with van der Waals surface area (Å²) in [7, 11) is -8.32. The second-order valence-corrected chi connectivity index (χ2v) is 13.5. The molecule has 1 fully saturated rings. The molecule has 2 aliphatic heterocycles. The number of anilines is 2. The van der Waals surface area contributed by atoms with E-state index in [0.29, 0.717) is 26.1 Å². The van der Waals surface area contributed by atoms with Crippen LogP contribution in [0.2, 0.25) is 0 Å². The van der Waals surface area contributed by atoms with Crippen molar-refractivity contribution in [1.82, 2.24) is 14.5 Å². The second kappa shape index (κ2) is 10.3. The number of aromatic hydroxyl groups is 1. The van der Waals surface area contributed by atoms with Gasteiger partial charge in [0.05, 0.1) is 16.8 Å². The number of nitrogens with one attached hydrogen (secondary N) is 2. The molecule has 3 N–H and O–H groups in total. The summed E-state index contributed by atoms with van der Waals surface area (Å²) in [5, 5.41) is 13.2. The lowest BCUT2D eigenvalue weighted by atomic mass is 10.1. The number of hydrogen-bond donors (Lipinski definition) is 3. The summed E-state index contributed by atoms with van der Waals surface area (Å²) in [6.07, 6.45) is 4.37. The van der Waals surface area contributed by atoms with Gasteiger partial charge in [0.25, 0.3) is 25.6 Å². The van der Waals surface area contributed by atoms with Gasteiger partial charge in [-0.3, -0.25) is 19.0 Å². The Balaban J connectivity index is 1.54. The van der Waals surface area contributed by atoms with Crippen LogP contribution in [0.4, 0.5) is 11.4 Å². The van der Waals surface area contributed by atoms with Crippen molar-refractivity contribution in [3.05, 3.63) is 65.1 Å². The number of likely N-dealkylation sites (tertiary alicyclic amines) is 1. The van der Waals surface area contributed by atoms with Crippen molar-refractivity contribution in [2.75, 3.05) is 23.1 Å². The molecule has 1 unspecified atom stereocenters. The van der Waals surface area contributed by atoms with Crippen LogP contribution in [0.15, 0.2) is 63.3 Å². The first-order valence-electron chi connectivity index (χ1n) is 12.8. The lowest BCUT2D eigenvalue weighted by molar-refractivity contribution is 0.182. The second-order valence-electron chi connectivity index (χ2n) is 10.2. The topological polar surface area (TPSA) is 163 Å². The van der Waals surface area contributed by atoms with E-state index >= 15 is 0 Å². The van der Waals surface area contributed by atoms with Crippen molar-refractivity contribution in [3.8, 4) is 5.75 Å². The third-order valence-corrected chi connectivity index (χ3v) is 9.88. The summed E-state index contributed by atoms with van der Waals surface area (Å²) in [5.74, 6) is -0.499. The van der Waals surface area contributed by atoms with Crippen LogP contribution in [-0.4, -0.2) is 60.7 Å². The number of benzene rings is 1. The van der Waals surface area contributed by atoms with Crippen LogP contribution in [-0.2, 0) is 26.6 Å². The molecule has 40 heavy (non-hydrogen) atoms. The van der Waals surface area contributed by atoms with Crippen LogP contribution in [0.5, 0.6) is 5.75 Å². The van der Waals surface area contributed by atoms with Gasteiger partial charge in [-0.15, -0.1) is 11.0 Å². The number of hydrogen-bond acceptors (Lipinski definition) is 9. The lowest BCUT2D eigenvalue weighted by Gasteiger charge is -2.36. The molecule has 0 radical (unpaired) electrons. The predicted octanol–water partition coefficient (Wildman–Crippen LogP) is 2.67. The summed E-state index contributed by atoms with van der Waals surface area (Å²) >= 11 is 0. The molecule has 1 atom stereocenters. The number of sulfonamides is 2. The van der Waals surface area contributed by atoms with Crippen molar-refractivity contribution in [3.63, 3.8) is 0 Å². The Morgan fingerprint density at radius 2 is 2.00 bits per heavy atom. The van der Waals surface area contributed by atoms with Gasteiger partial charge >= 0.3 is 0 Å². The van der Waals surface area contributed by atoms with E-state index in [1.165, 1.54) is 29.0 Å². The fraction of sp³-hybridized carbons (Fsp3) is 0.346. The summed E-state index contributed by atoms with van der Waals surface area (Å²) in [6, 6.07) is 7.14. The molecule has 1 saturated heterocycles. The van der Waals surface area contributed by atoms with E-state index in [0.717, 1.165) is 12.5 Å². The van der Waals surface area contributed by atoms with Gasteiger partial charge in [0.1, 0.15) is 21.9 Å². The monoisotopic (exact) mass is 586 g/mol. The van der Waals surface area contributed by atoms with Gasteiger partial charge in [-0.05, 0) is 49.1 Å². The Morgan fingerprint density at radius 3 is 2.65 bits per heavy atom. The predicted molar refractivity (Wildman–Crippen MR) is 154 cm³/mol. The van der Waals surface area contributed by atoms with Crippen LogP contribution in [0.25, 0.3) is 11.0 Å². The fourth-order valence-corrected chi connectivity index (χ4v) is 7.28. The first kappa shape index (κ1) is 27.8. The molecular formula is C26H30N6O6S2. The minimum absolute atomic E-state index is 0.0332. The first-order valence-corrected chi connectivity index (χ1v) is 15.8. The van der Waals surface area contributed by atoms with Crippen molar-refractivity contribution in [2.45, 2.75) is 43.5 Å². The van der Waals surface area contributed by atoms with Crippen LogP contribution in [0, 0.1) is 5.92 Å². The van der Waals surface area contributed by atoms with E-state index in [-0.39, 0.29) is 44.6 Å². The van der Waals surface area contributed by atoms with E-state index in [1.54, 1.807) is 17.0 Å². The maximum absolute atomic E-state index is 13.6. The zero-order valence-electron chi connectivity index (χ0n) is 22.0. The summed E-state index contributed by atoms with van der Waals surface area (Å²) < 4.78 is 60.1. The summed E-state index contributed by atoms with van der Waals surface area (Å²) in [4.78, 5) is 19.3. The minimum atomic E-state index is -4.39. The highest BCUT2D eigenvalue weighted by Gasteiger charge is 2.34. The molecule has 2 aliphatic rings. The van der Waals surface area contributed by atoms with Gasteiger partial charge < -0.3 is 10.4 Å². The van der Waals surface area contributed by atoms with Crippen LogP contribution < -0.4 is 15.6 Å². The van der Waals surface area contributed by atoms with Crippen molar-refractivity contribution in [1.29, 1.82) is 0 Å². The van der Waals surface area contributed by atoms with E-state index in [4.69, 9.17) is 0 Å². The molecule has 0 aliphatic carbocycles. The number of rotatable bonds is 9. The largest absolute Gasteiger partial charge is 0.506 e. The van der Waals surface area contributed by atoms with Crippen molar-refractivity contribution in [2.24, 2.45) is 10.3 Å². The molecule has 5 rings (SSSR count). The van der Waals surface area contributed by atoms with Gasteiger partial charge in [0.2, 0.25) is 0 Å². The third kappa shape index (κ3) is 4.97. The van der Waals surface area contributed by atoms with Crippen molar-refractivity contribution < 1.29 is 21.9 Å². The van der Waals surface area contributed by atoms with Crippen LogP contribution in [0.1, 0.15) is 32.3 Å². The standard InChI is InChI=1S/C26H30N6O6S2/c1-4-21(31-12-6-13-31)40(37,38)29-17-8-9-19-20(15-17)39(35,36)30-24(28-19)22-23(33)18-7-5-11-27-25(18)32(26(22)34)14-10-16(2)3/h4-5,7-9,11,15-16,21,29,33H,1,6,10,12-14H2,2-3H3,(H,28,30). The first-order chi connectivity index (χ1) is 18.9. The zero-order valence-corrected chi connectivity index (χ0v) is 23.7. The molecule has 2 aromatic heterocycles. The zero-order chi connectivity index (χ0) is 28.8. The van der Waals surface area contributed by atoms with Crippen LogP contribution in [0.3, 0.4) is 0 Å². The normalized spacial score (nSPS) is 17.4. The lowest BCUT2D eigenvalue weighted by Crippen LogP contribution is -2.49. The summed E-state index contributed by atoms with van der Waals surface area (Å²) in [5.41, 5.74) is -0.547. The minimum Gasteiger partial charge on any atom is -0.506 e. The molecule has 3 aromatic rings. The Hall–Kier alpha value is -3.75. The highest BCUT2D eigenvalue weighted by Crippen LogP contribution is 2.34. The van der Waals surface area contributed by atoms with Gasteiger partial charge in [-0.25, -0.2) is 13.4 Å². The molecule has 0 bridgehead atoms. The molecule has 14 heteroatoms. The third-order valence-electron chi connectivity index (χ3n) is 6.91. The van der Waals surface area contributed by atoms with E-state index in [2.05, 4.69) is 26.0 Å². The van der Waals surface area contributed by atoms with Gasteiger partial charge in [0.15, 0.2) is 11.2 Å². The average Bonchev–Trinajstić information content (AvgIpc) is 2.85. The molecule has 0 spiro atoms. The fourth-order valence-electron chi connectivity index (χ4n) is 4.69. The Morgan fingerprint density at radius 1 is 1.25 bits per heavy atom. The maximum Gasteiger partial charge on any atom is 0.286 e. The van der Waals surface area contributed by atoms with Gasteiger partial charge in [-0.2, -0.15) is 8.42 Å². The average molecular weight is 587 g/mol. The molecule has 1 aromatic carbocycles. The number of fused-ring (bicyclic) bond motifs is 2. The number of aryl methyl sites for hydroxylation is 1. The Labute approximate surface area is 232 Å².